The van der Waals surface area contributed by atoms with Crippen molar-refractivity contribution in [2.45, 2.75) is 17.4 Å². The van der Waals surface area contributed by atoms with Crippen molar-refractivity contribution in [2.75, 3.05) is 19.1 Å². The van der Waals surface area contributed by atoms with Gasteiger partial charge in [0, 0.05) is 17.4 Å². The standard InChI is InChI=1S/C20H18N2O6S/c1-27-19(23)17-12-15-14-10-6-7-11-16(14)22(18(15)21(17)20(24)28-2)29(25,26)13-8-4-3-5-9-13/h3-11,17H,12H2,1-2H3/t17-/m0/s1. The minimum absolute atomic E-state index is 0.0647. The van der Waals surface area contributed by atoms with Gasteiger partial charge in [-0.2, -0.15) is 0 Å². The molecule has 1 amide bonds. The highest BCUT2D eigenvalue weighted by Crippen LogP contribution is 2.43. The number of ether oxygens (including phenoxy) is 2. The molecular weight excluding hydrogens is 396 g/mol. The van der Waals surface area contributed by atoms with Gasteiger partial charge in [-0.3, -0.25) is 0 Å². The Morgan fingerprint density at radius 2 is 1.62 bits per heavy atom. The first-order valence-electron chi connectivity index (χ1n) is 8.79. The lowest BCUT2D eigenvalue weighted by atomic mass is 10.1. The minimum Gasteiger partial charge on any atom is -0.467 e. The molecule has 0 spiro atoms. The number of nitrogens with zero attached hydrogens (tertiary/aromatic N) is 2. The first kappa shape index (κ1) is 19.0. The summed E-state index contributed by atoms with van der Waals surface area (Å²) in [5, 5.41) is 0.641. The number of amides is 1. The molecule has 4 rings (SSSR count). The van der Waals surface area contributed by atoms with Crippen LogP contribution in [0.1, 0.15) is 5.56 Å². The van der Waals surface area contributed by atoms with Gasteiger partial charge in [-0.15, -0.1) is 0 Å². The number of carbonyl (C=O) groups excluding carboxylic acids is 2. The molecule has 0 fully saturated rings. The Balaban J connectivity index is 2.06. The number of carbonyl (C=O) groups is 2. The lowest BCUT2D eigenvalue weighted by molar-refractivity contribution is -0.141. The van der Waals surface area contributed by atoms with Crippen LogP contribution < -0.4 is 4.90 Å². The van der Waals surface area contributed by atoms with Gasteiger partial charge in [-0.1, -0.05) is 36.4 Å². The van der Waals surface area contributed by atoms with E-state index >= 15 is 0 Å². The molecular formula is C20H18N2O6S. The number of methoxy groups -OCH3 is 2. The summed E-state index contributed by atoms with van der Waals surface area (Å²) in [5.74, 6) is -0.559. The monoisotopic (exact) mass is 414 g/mol. The number of aromatic nitrogens is 1. The highest BCUT2D eigenvalue weighted by Gasteiger charge is 2.45. The second-order valence-corrected chi connectivity index (χ2v) is 8.27. The molecule has 1 aliphatic heterocycles. The minimum atomic E-state index is -4.06. The van der Waals surface area contributed by atoms with E-state index in [4.69, 9.17) is 9.47 Å². The van der Waals surface area contributed by atoms with Crippen LogP contribution in [0, 0.1) is 0 Å². The van der Waals surface area contributed by atoms with Gasteiger partial charge in [0.1, 0.15) is 11.9 Å². The van der Waals surface area contributed by atoms with E-state index in [2.05, 4.69) is 0 Å². The molecule has 0 unspecified atom stereocenters. The summed E-state index contributed by atoms with van der Waals surface area (Å²) in [4.78, 5) is 26.1. The van der Waals surface area contributed by atoms with Crippen LogP contribution in [0.2, 0.25) is 0 Å². The topological polar surface area (TPSA) is 94.9 Å². The molecule has 2 aromatic carbocycles. The van der Waals surface area contributed by atoms with Crippen molar-refractivity contribution in [1.29, 1.82) is 0 Å². The van der Waals surface area contributed by atoms with Crippen LogP contribution in [0.5, 0.6) is 0 Å². The van der Waals surface area contributed by atoms with Crippen LogP contribution in [0.3, 0.4) is 0 Å². The van der Waals surface area contributed by atoms with Gasteiger partial charge in [-0.25, -0.2) is 26.9 Å². The third-order valence-electron chi connectivity index (χ3n) is 4.97. The van der Waals surface area contributed by atoms with Crippen LogP contribution in [-0.2, 0) is 30.7 Å². The smallest absolute Gasteiger partial charge is 0.416 e. The molecule has 1 aromatic heterocycles. The first-order chi connectivity index (χ1) is 13.9. The van der Waals surface area contributed by atoms with Crippen molar-refractivity contribution in [3.05, 3.63) is 60.2 Å². The SMILES string of the molecule is COC(=O)[C@@H]1Cc2c(n(S(=O)(=O)c3ccccc3)c3ccccc23)N1C(=O)OC. The summed E-state index contributed by atoms with van der Waals surface area (Å²) in [6.45, 7) is 0. The zero-order chi connectivity index (χ0) is 20.8. The highest BCUT2D eigenvalue weighted by atomic mass is 32.2. The fourth-order valence-corrected chi connectivity index (χ4v) is 5.27. The number of fused-ring (bicyclic) bond motifs is 3. The van der Waals surface area contributed by atoms with E-state index in [0.29, 0.717) is 16.5 Å². The molecule has 3 aromatic rings. The normalized spacial score (nSPS) is 15.9. The molecule has 2 heterocycles. The number of hydrogen-bond acceptors (Lipinski definition) is 6. The third-order valence-corrected chi connectivity index (χ3v) is 6.69. The van der Waals surface area contributed by atoms with Gasteiger partial charge in [0.15, 0.2) is 0 Å². The maximum atomic E-state index is 13.5. The molecule has 8 nitrogen and oxygen atoms in total. The van der Waals surface area contributed by atoms with Crippen LogP contribution in [0.4, 0.5) is 10.6 Å². The zero-order valence-electron chi connectivity index (χ0n) is 15.7. The summed E-state index contributed by atoms with van der Waals surface area (Å²) in [5.41, 5.74) is 0.986. The summed E-state index contributed by atoms with van der Waals surface area (Å²) >= 11 is 0. The summed E-state index contributed by atoms with van der Waals surface area (Å²) in [7, 11) is -1.67. The summed E-state index contributed by atoms with van der Waals surface area (Å²) in [6.07, 6.45) is -0.721. The largest absolute Gasteiger partial charge is 0.467 e. The Kier molecular flexibility index (Phi) is 4.54. The average molecular weight is 414 g/mol. The van der Waals surface area contributed by atoms with E-state index in [0.717, 1.165) is 8.87 Å². The predicted octanol–water partition coefficient (Wildman–Crippen LogP) is 2.55. The Hall–Kier alpha value is -3.33. The maximum Gasteiger partial charge on any atom is 0.416 e. The molecule has 150 valence electrons. The molecule has 0 saturated carbocycles. The Morgan fingerprint density at radius 1 is 0.966 bits per heavy atom. The van der Waals surface area contributed by atoms with Crippen LogP contribution >= 0.6 is 0 Å². The van der Waals surface area contributed by atoms with Crippen LogP contribution in [0.15, 0.2) is 59.5 Å². The molecule has 0 saturated heterocycles. The van der Waals surface area contributed by atoms with Gasteiger partial charge >= 0.3 is 12.1 Å². The fourth-order valence-electron chi connectivity index (χ4n) is 3.72. The zero-order valence-corrected chi connectivity index (χ0v) is 16.5. The van der Waals surface area contributed by atoms with E-state index < -0.39 is 28.1 Å². The molecule has 1 atom stereocenters. The van der Waals surface area contributed by atoms with Crippen molar-refractivity contribution >= 4 is 38.8 Å². The van der Waals surface area contributed by atoms with E-state index in [-0.39, 0.29) is 17.1 Å². The number of rotatable bonds is 3. The van der Waals surface area contributed by atoms with Crippen molar-refractivity contribution in [3.8, 4) is 0 Å². The Labute approximate surface area is 167 Å². The Bertz CT molecular complexity index is 1220. The van der Waals surface area contributed by atoms with Gasteiger partial charge in [0.2, 0.25) is 0 Å². The lowest BCUT2D eigenvalue weighted by Crippen LogP contribution is -2.44. The predicted molar refractivity (Wildman–Crippen MR) is 105 cm³/mol. The van der Waals surface area contributed by atoms with Crippen molar-refractivity contribution < 1.29 is 27.5 Å². The second kappa shape index (κ2) is 6.93. The first-order valence-corrected chi connectivity index (χ1v) is 10.2. The quantitative estimate of drug-likeness (QED) is 0.612. The van der Waals surface area contributed by atoms with Gasteiger partial charge in [0.05, 0.1) is 24.6 Å². The molecule has 29 heavy (non-hydrogen) atoms. The number of hydrogen-bond donors (Lipinski definition) is 0. The number of para-hydroxylation sites is 1. The van der Waals surface area contributed by atoms with Gasteiger partial charge in [-0.05, 0) is 18.2 Å². The van der Waals surface area contributed by atoms with Crippen molar-refractivity contribution in [3.63, 3.8) is 0 Å². The van der Waals surface area contributed by atoms with Gasteiger partial charge in [0.25, 0.3) is 10.0 Å². The second-order valence-electron chi connectivity index (χ2n) is 6.48. The number of benzene rings is 2. The summed E-state index contributed by atoms with van der Waals surface area (Å²) < 4.78 is 37.9. The van der Waals surface area contributed by atoms with Crippen LogP contribution in [0.25, 0.3) is 10.9 Å². The average Bonchev–Trinajstić information content (AvgIpc) is 3.28. The van der Waals surface area contributed by atoms with Gasteiger partial charge < -0.3 is 9.47 Å². The molecule has 0 aliphatic carbocycles. The fraction of sp³-hybridized carbons (Fsp3) is 0.200. The van der Waals surface area contributed by atoms with Crippen LogP contribution in [-0.4, -0.2) is 44.7 Å². The molecule has 0 radical (unpaired) electrons. The molecule has 9 heteroatoms. The molecule has 1 aliphatic rings. The number of anilines is 1. The Morgan fingerprint density at radius 3 is 2.28 bits per heavy atom. The van der Waals surface area contributed by atoms with E-state index in [1.54, 1.807) is 42.5 Å². The highest BCUT2D eigenvalue weighted by molar-refractivity contribution is 7.90. The number of esters is 1. The van der Waals surface area contributed by atoms with E-state index in [1.165, 1.54) is 26.4 Å². The summed E-state index contributed by atoms with van der Waals surface area (Å²) in [6, 6.07) is 13.8. The third kappa shape index (κ3) is 2.77. The van der Waals surface area contributed by atoms with E-state index in [1.807, 2.05) is 0 Å². The molecule has 0 N–H and O–H groups in total. The lowest BCUT2D eigenvalue weighted by Gasteiger charge is -2.24. The van der Waals surface area contributed by atoms with E-state index in [9.17, 15) is 18.0 Å². The maximum absolute atomic E-state index is 13.5. The molecule has 0 bridgehead atoms. The van der Waals surface area contributed by atoms with Crippen molar-refractivity contribution in [1.82, 2.24) is 3.97 Å². The van der Waals surface area contributed by atoms with Crippen molar-refractivity contribution in [2.24, 2.45) is 0 Å².